The normalized spacial score (nSPS) is 16.5. The van der Waals surface area contributed by atoms with E-state index >= 15 is 0 Å². The van der Waals surface area contributed by atoms with Gasteiger partial charge in [-0.3, -0.25) is 4.99 Å². The summed E-state index contributed by atoms with van der Waals surface area (Å²) in [6, 6.07) is 17.2. The summed E-state index contributed by atoms with van der Waals surface area (Å²) >= 11 is 0. The first-order chi connectivity index (χ1) is 14.1. The number of hydrogen-bond donors (Lipinski definition) is 2. The maximum Gasteiger partial charge on any atom is 0.387 e. The number of rotatable bonds is 7. The van der Waals surface area contributed by atoms with Crippen LogP contribution in [0.1, 0.15) is 24.0 Å². The van der Waals surface area contributed by atoms with Crippen LogP contribution in [0.3, 0.4) is 0 Å². The second kappa shape index (κ2) is 10.2. The van der Waals surface area contributed by atoms with E-state index in [1.54, 1.807) is 25.2 Å². The summed E-state index contributed by atoms with van der Waals surface area (Å²) in [6.45, 7) is -0.381. The maximum atomic E-state index is 12.6. The number of nitrogens with one attached hydrogen (secondary N) is 2. The maximum absolute atomic E-state index is 12.6. The largest absolute Gasteiger partial charge is 0.434 e. The minimum absolute atomic E-state index is 0.0339. The van der Waals surface area contributed by atoms with E-state index in [0.717, 1.165) is 26.1 Å². The number of nitrogens with zero attached hydrogens (tertiary/aromatic N) is 1. The van der Waals surface area contributed by atoms with Gasteiger partial charge in [-0.1, -0.05) is 48.5 Å². The van der Waals surface area contributed by atoms with Gasteiger partial charge in [-0.15, -0.1) is 0 Å². The summed E-state index contributed by atoms with van der Waals surface area (Å²) < 4.78 is 35.4. The molecule has 0 spiro atoms. The van der Waals surface area contributed by atoms with Crippen LogP contribution in [0.4, 0.5) is 8.78 Å². The van der Waals surface area contributed by atoms with Crippen LogP contribution in [0.5, 0.6) is 5.75 Å². The molecule has 1 fully saturated rings. The van der Waals surface area contributed by atoms with E-state index in [4.69, 9.17) is 4.74 Å². The number of benzene rings is 2. The Hall–Kier alpha value is -2.67. The first kappa shape index (κ1) is 21.0. The molecular formula is C22H27F2N3O2. The highest BCUT2D eigenvalue weighted by molar-refractivity contribution is 5.79. The molecule has 2 N–H and O–H groups in total. The lowest BCUT2D eigenvalue weighted by atomic mass is 9.74. The number of para-hydroxylation sites is 1. The van der Waals surface area contributed by atoms with Crippen molar-refractivity contribution in [2.75, 3.05) is 26.8 Å². The molecule has 0 unspecified atom stereocenters. The Kier molecular flexibility index (Phi) is 7.41. The zero-order valence-corrected chi connectivity index (χ0v) is 16.5. The fourth-order valence-corrected chi connectivity index (χ4v) is 3.63. The molecule has 0 amide bonds. The molecule has 29 heavy (non-hydrogen) atoms. The van der Waals surface area contributed by atoms with Crippen molar-refractivity contribution in [2.45, 2.75) is 31.4 Å². The van der Waals surface area contributed by atoms with Gasteiger partial charge in [-0.05, 0) is 24.5 Å². The molecule has 156 valence electrons. The second-order valence-corrected chi connectivity index (χ2v) is 7.02. The Balaban J connectivity index is 1.64. The number of aliphatic imine (C=N–C) groups is 1. The van der Waals surface area contributed by atoms with Gasteiger partial charge in [-0.25, -0.2) is 0 Å². The van der Waals surface area contributed by atoms with Crippen LogP contribution in [-0.2, 0) is 16.7 Å². The Bertz CT molecular complexity index is 794. The van der Waals surface area contributed by atoms with Gasteiger partial charge >= 0.3 is 6.61 Å². The van der Waals surface area contributed by atoms with Crippen LogP contribution in [-0.4, -0.2) is 39.4 Å². The summed E-state index contributed by atoms with van der Waals surface area (Å²) in [5.74, 6) is 0.772. The third-order valence-electron chi connectivity index (χ3n) is 5.29. The molecule has 2 aromatic rings. The molecule has 1 saturated heterocycles. The average Bonchev–Trinajstić information content (AvgIpc) is 2.76. The van der Waals surface area contributed by atoms with Crippen LogP contribution in [0.15, 0.2) is 59.6 Å². The second-order valence-electron chi connectivity index (χ2n) is 7.02. The van der Waals surface area contributed by atoms with Crippen LogP contribution < -0.4 is 15.4 Å². The van der Waals surface area contributed by atoms with Crippen LogP contribution in [0.2, 0.25) is 0 Å². The summed E-state index contributed by atoms with van der Waals surface area (Å²) in [5.41, 5.74) is 1.88. The Morgan fingerprint density at radius 1 is 1.07 bits per heavy atom. The van der Waals surface area contributed by atoms with E-state index < -0.39 is 6.61 Å². The zero-order chi connectivity index (χ0) is 20.5. The fourth-order valence-electron chi connectivity index (χ4n) is 3.63. The molecular weight excluding hydrogens is 376 g/mol. The van der Waals surface area contributed by atoms with Crippen LogP contribution in [0, 0.1) is 0 Å². The van der Waals surface area contributed by atoms with Gasteiger partial charge in [-0.2, -0.15) is 8.78 Å². The lowest BCUT2D eigenvalue weighted by Gasteiger charge is -2.38. The van der Waals surface area contributed by atoms with E-state index in [0.29, 0.717) is 24.6 Å². The fraction of sp³-hybridized carbons (Fsp3) is 0.409. The molecule has 5 nitrogen and oxygen atoms in total. The number of guanidine groups is 1. The molecule has 0 saturated carbocycles. The number of halogens is 2. The SMILES string of the molecule is CN=C(NCc1ccccc1OC(F)F)NCC1(c2ccccc2)CCOCC1. The van der Waals surface area contributed by atoms with Gasteiger partial charge in [0.25, 0.3) is 0 Å². The molecule has 0 aliphatic carbocycles. The topological polar surface area (TPSA) is 54.9 Å². The third kappa shape index (κ3) is 5.67. The Labute approximate surface area is 170 Å². The predicted molar refractivity (Wildman–Crippen MR) is 109 cm³/mol. The van der Waals surface area contributed by atoms with Crippen molar-refractivity contribution >= 4 is 5.96 Å². The Morgan fingerprint density at radius 3 is 2.45 bits per heavy atom. The average molecular weight is 403 g/mol. The molecule has 0 atom stereocenters. The van der Waals surface area contributed by atoms with Gasteiger partial charge < -0.3 is 20.1 Å². The van der Waals surface area contributed by atoms with Gasteiger partial charge in [0.2, 0.25) is 0 Å². The minimum Gasteiger partial charge on any atom is -0.434 e. The Morgan fingerprint density at radius 2 is 1.76 bits per heavy atom. The molecule has 3 rings (SSSR count). The molecule has 1 heterocycles. The number of hydrogen-bond acceptors (Lipinski definition) is 3. The van der Waals surface area contributed by atoms with E-state index in [1.165, 1.54) is 11.6 Å². The van der Waals surface area contributed by atoms with Gasteiger partial charge in [0, 0.05) is 44.3 Å². The molecule has 1 aliphatic rings. The van der Waals surface area contributed by atoms with Crippen molar-refractivity contribution in [2.24, 2.45) is 4.99 Å². The lowest BCUT2D eigenvalue weighted by Crippen LogP contribution is -2.47. The molecule has 2 aromatic carbocycles. The number of ether oxygens (including phenoxy) is 2. The summed E-state index contributed by atoms with van der Waals surface area (Å²) in [6.07, 6.45) is 1.85. The van der Waals surface area contributed by atoms with E-state index in [2.05, 4.69) is 44.6 Å². The minimum atomic E-state index is -2.85. The number of alkyl halides is 2. The predicted octanol–water partition coefficient (Wildman–Crippen LogP) is 3.70. The highest BCUT2D eigenvalue weighted by atomic mass is 19.3. The zero-order valence-electron chi connectivity index (χ0n) is 16.5. The van der Waals surface area contributed by atoms with Crippen molar-refractivity contribution in [3.63, 3.8) is 0 Å². The molecule has 1 aliphatic heterocycles. The van der Waals surface area contributed by atoms with E-state index in [9.17, 15) is 8.78 Å². The van der Waals surface area contributed by atoms with Gasteiger partial charge in [0.15, 0.2) is 5.96 Å². The molecule has 0 bridgehead atoms. The van der Waals surface area contributed by atoms with Crippen LogP contribution in [0.25, 0.3) is 0 Å². The smallest absolute Gasteiger partial charge is 0.387 e. The molecule has 0 radical (unpaired) electrons. The standard InChI is InChI=1S/C22H27F2N3O2/c1-25-21(26-15-17-7-5-6-10-19(17)29-20(23)24)27-16-22(11-13-28-14-12-22)18-8-3-2-4-9-18/h2-10,20H,11-16H2,1H3,(H2,25,26,27). The van der Waals surface area contributed by atoms with Crippen molar-refractivity contribution in [3.8, 4) is 5.75 Å². The first-order valence-corrected chi connectivity index (χ1v) is 9.73. The lowest BCUT2D eigenvalue weighted by molar-refractivity contribution is -0.0504. The summed E-state index contributed by atoms with van der Waals surface area (Å²) in [5, 5.41) is 6.59. The summed E-state index contributed by atoms with van der Waals surface area (Å²) in [4.78, 5) is 4.28. The van der Waals surface area contributed by atoms with E-state index in [-0.39, 0.29) is 11.2 Å². The van der Waals surface area contributed by atoms with Crippen molar-refractivity contribution in [1.29, 1.82) is 0 Å². The quantitative estimate of drug-likeness (QED) is 0.547. The third-order valence-corrected chi connectivity index (χ3v) is 5.29. The molecule has 0 aromatic heterocycles. The van der Waals surface area contributed by atoms with Crippen molar-refractivity contribution < 1.29 is 18.3 Å². The van der Waals surface area contributed by atoms with Crippen molar-refractivity contribution in [3.05, 3.63) is 65.7 Å². The van der Waals surface area contributed by atoms with Gasteiger partial charge in [0.1, 0.15) is 5.75 Å². The van der Waals surface area contributed by atoms with Crippen LogP contribution >= 0.6 is 0 Å². The van der Waals surface area contributed by atoms with E-state index in [1.807, 2.05) is 6.07 Å². The van der Waals surface area contributed by atoms with Gasteiger partial charge in [0.05, 0.1) is 0 Å². The summed E-state index contributed by atoms with van der Waals surface area (Å²) in [7, 11) is 1.69. The monoisotopic (exact) mass is 403 g/mol. The highest BCUT2D eigenvalue weighted by Crippen LogP contribution is 2.34. The molecule has 7 heteroatoms. The van der Waals surface area contributed by atoms with Crippen molar-refractivity contribution in [1.82, 2.24) is 10.6 Å². The first-order valence-electron chi connectivity index (χ1n) is 9.73. The highest BCUT2D eigenvalue weighted by Gasteiger charge is 2.34.